The Morgan fingerprint density at radius 1 is 1.24 bits per heavy atom. The lowest BCUT2D eigenvalue weighted by atomic mass is 10.1. The zero-order chi connectivity index (χ0) is 12.3. The van der Waals surface area contributed by atoms with Crippen molar-refractivity contribution < 1.29 is 5.11 Å². The van der Waals surface area contributed by atoms with Gasteiger partial charge in [0.15, 0.2) is 0 Å². The molecule has 1 aromatic heterocycles. The van der Waals surface area contributed by atoms with Crippen molar-refractivity contribution in [3.05, 3.63) is 57.6 Å². The summed E-state index contributed by atoms with van der Waals surface area (Å²) in [7, 11) is 0. The van der Waals surface area contributed by atoms with E-state index in [1.807, 2.05) is 31.2 Å². The van der Waals surface area contributed by atoms with Crippen molar-refractivity contribution in [1.82, 2.24) is 9.97 Å². The third-order valence-electron chi connectivity index (χ3n) is 2.37. The van der Waals surface area contributed by atoms with Crippen molar-refractivity contribution in [2.75, 3.05) is 0 Å². The van der Waals surface area contributed by atoms with Crippen LogP contribution < -0.4 is 0 Å². The average molecular weight is 293 g/mol. The molecule has 0 atom stereocenters. The van der Waals surface area contributed by atoms with E-state index < -0.39 is 0 Å². The second kappa shape index (κ2) is 5.38. The van der Waals surface area contributed by atoms with Gasteiger partial charge in [0, 0.05) is 16.6 Å². The van der Waals surface area contributed by atoms with E-state index in [2.05, 4.69) is 25.9 Å². The number of rotatable bonds is 3. The topological polar surface area (TPSA) is 46.0 Å². The highest BCUT2D eigenvalue weighted by molar-refractivity contribution is 9.10. The van der Waals surface area contributed by atoms with Crippen molar-refractivity contribution in [3.63, 3.8) is 0 Å². The van der Waals surface area contributed by atoms with Gasteiger partial charge in [-0.05, 0) is 30.7 Å². The summed E-state index contributed by atoms with van der Waals surface area (Å²) in [5.41, 5.74) is 2.70. The van der Waals surface area contributed by atoms with Gasteiger partial charge in [-0.25, -0.2) is 9.97 Å². The predicted octanol–water partition coefficient (Wildman–Crippen LogP) is 2.63. The second-order valence-electron chi connectivity index (χ2n) is 3.88. The molecule has 1 aromatic carbocycles. The van der Waals surface area contributed by atoms with E-state index >= 15 is 0 Å². The maximum atomic E-state index is 9.10. The molecular formula is C13H13BrN2O. The van der Waals surface area contributed by atoms with Gasteiger partial charge in [0.25, 0.3) is 0 Å². The van der Waals surface area contributed by atoms with Gasteiger partial charge in [-0.2, -0.15) is 0 Å². The zero-order valence-corrected chi connectivity index (χ0v) is 11.1. The molecular weight excluding hydrogens is 280 g/mol. The van der Waals surface area contributed by atoms with E-state index in [4.69, 9.17) is 5.11 Å². The van der Waals surface area contributed by atoms with Crippen LogP contribution in [0.2, 0.25) is 0 Å². The SMILES string of the molecule is Cc1cc(CO)nc(Cc2cccc(Br)c2)n1. The highest BCUT2D eigenvalue weighted by Crippen LogP contribution is 2.14. The smallest absolute Gasteiger partial charge is 0.133 e. The number of aromatic nitrogens is 2. The van der Waals surface area contributed by atoms with Crippen molar-refractivity contribution in [3.8, 4) is 0 Å². The molecule has 17 heavy (non-hydrogen) atoms. The Morgan fingerprint density at radius 2 is 2.06 bits per heavy atom. The van der Waals surface area contributed by atoms with Gasteiger partial charge in [0.05, 0.1) is 12.3 Å². The molecule has 0 amide bonds. The third kappa shape index (κ3) is 3.35. The molecule has 0 aliphatic heterocycles. The number of hydrogen-bond acceptors (Lipinski definition) is 3. The van der Waals surface area contributed by atoms with Gasteiger partial charge in [0.2, 0.25) is 0 Å². The van der Waals surface area contributed by atoms with Crippen LogP contribution in [0.4, 0.5) is 0 Å². The second-order valence-corrected chi connectivity index (χ2v) is 4.80. The van der Waals surface area contributed by atoms with Crippen LogP contribution in [-0.4, -0.2) is 15.1 Å². The lowest BCUT2D eigenvalue weighted by Crippen LogP contribution is -2.02. The first-order chi connectivity index (χ1) is 8.17. The van der Waals surface area contributed by atoms with Crippen LogP contribution in [-0.2, 0) is 13.0 Å². The molecule has 0 spiro atoms. The molecule has 0 saturated heterocycles. The Bertz CT molecular complexity index is 529. The number of aliphatic hydroxyl groups is 1. The molecule has 0 fully saturated rings. The molecule has 1 N–H and O–H groups in total. The van der Waals surface area contributed by atoms with E-state index in [9.17, 15) is 0 Å². The first-order valence-corrected chi connectivity index (χ1v) is 6.15. The lowest BCUT2D eigenvalue weighted by Gasteiger charge is -2.04. The Balaban J connectivity index is 2.26. The molecule has 1 heterocycles. The van der Waals surface area contributed by atoms with E-state index in [1.165, 1.54) is 0 Å². The molecule has 0 radical (unpaired) electrons. The van der Waals surface area contributed by atoms with Crippen LogP contribution in [0, 0.1) is 6.92 Å². The number of aliphatic hydroxyl groups excluding tert-OH is 1. The monoisotopic (exact) mass is 292 g/mol. The molecule has 0 aliphatic carbocycles. The van der Waals surface area contributed by atoms with Gasteiger partial charge < -0.3 is 5.11 Å². The fourth-order valence-corrected chi connectivity index (χ4v) is 2.14. The lowest BCUT2D eigenvalue weighted by molar-refractivity contribution is 0.276. The van der Waals surface area contributed by atoms with Crippen LogP contribution in [0.15, 0.2) is 34.8 Å². The summed E-state index contributed by atoms with van der Waals surface area (Å²) in [5, 5.41) is 9.10. The van der Waals surface area contributed by atoms with Gasteiger partial charge in [-0.1, -0.05) is 28.1 Å². The highest BCUT2D eigenvalue weighted by atomic mass is 79.9. The quantitative estimate of drug-likeness (QED) is 0.946. The van der Waals surface area contributed by atoms with Crippen LogP contribution in [0.5, 0.6) is 0 Å². The van der Waals surface area contributed by atoms with E-state index in [0.29, 0.717) is 12.1 Å². The largest absolute Gasteiger partial charge is 0.390 e. The van der Waals surface area contributed by atoms with Crippen LogP contribution in [0.25, 0.3) is 0 Å². The Labute approximate surface area is 109 Å². The summed E-state index contributed by atoms with van der Waals surface area (Å²) >= 11 is 3.44. The van der Waals surface area contributed by atoms with E-state index in [0.717, 1.165) is 21.6 Å². The predicted molar refractivity (Wildman–Crippen MR) is 69.6 cm³/mol. The Morgan fingerprint density at radius 3 is 2.76 bits per heavy atom. The van der Waals surface area contributed by atoms with Crippen molar-refractivity contribution in [1.29, 1.82) is 0 Å². The van der Waals surface area contributed by atoms with E-state index in [1.54, 1.807) is 6.07 Å². The standard InChI is InChI=1S/C13H13BrN2O/c1-9-5-12(8-17)16-13(15-9)7-10-3-2-4-11(14)6-10/h2-6,17H,7-8H2,1H3. The van der Waals surface area contributed by atoms with Gasteiger partial charge in [-0.15, -0.1) is 0 Å². The molecule has 0 unspecified atom stereocenters. The molecule has 4 heteroatoms. The summed E-state index contributed by atoms with van der Waals surface area (Å²) in [6, 6.07) is 9.85. The van der Waals surface area contributed by atoms with E-state index in [-0.39, 0.29) is 6.61 Å². The number of benzene rings is 1. The average Bonchev–Trinajstić information content (AvgIpc) is 2.28. The summed E-state index contributed by atoms with van der Waals surface area (Å²) in [6.45, 7) is 1.86. The van der Waals surface area contributed by atoms with Crippen molar-refractivity contribution in [2.45, 2.75) is 20.0 Å². The summed E-state index contributed by atoms with van der Waals surface area (Å²) < 4.78 is 1.05. The molecule has 88 valence electrons. The summed E-state index contributed by atoms with van der Waals surface area (Å²) in [5.74, 6) is 0.743. The van der Waals surface area contributed by atoms with Crippen LogP contribution in [0.1, 0.15) is 22.8 Å². The minimum Gasteiger partial charge on any atom is -0.390 e. The van der Waals surface area contributed by atoms with Gasteiger partial charge in [0.1, 0.15) is 5.82 Å². The van der Waals surface area contributed by atoms with Crippen molar-refractivity contribution in [2.24, 2.45) is 0 Å². The maximum absolute atomic E-state index is 9.10. The molecule has 0 bridgehead atoms. The third-order valence-corrected chi connectivity index (χ3v) is 2.86. The zero-order valence-electron chi connectivity index (χ0n) is 9.52. The molecule has 0 aliphatic rings. The molecule has 2 rings (SSSR count). The van der Waals surface area contributed by atoms with Crippen molar-refractivity contribution >= 4 is 15.9 Å². The van der Waals surface area contributed by atoms with Crippen LogP contribution in [0.3, 0.4) is 0 Å². The molecule has 0 saturated carbocycles. The van der Waals surface area contributed by atoms with Crippen LogP contribution >= 0.6 is 15.9 Å². The number of aryl methyl sites for hydroxylation is 1. The van der Waals surface area contributed by atoms with Gasteiger partial charge >= 0.3 is 0 Å². The highest BCUT2D eigenvalue weighted by Gasteiger charge is 2.03. The Kier molecular flexibility index (Phi) is 3.86. The minimum atomic E-state index is -0.0468. The number of halogens is 1. The fraction of sp³-hybridized carbons (Fsp3) is 0.231. The minimum absolute atomic E-state index is 0.0468. The molecule has 2 aromatic rings. The maximum Gasteiger partial charge on any atom is 0.133 e. The number of hydrogen-bond donors (Lipinski definition) is 1. The summed E-state index contributed by atoms with van der Waals surface area (Å²) in [6.07, 6.45) is 0.675. The first-order valence-electron chi connectivity index (χ1n) is 5.36. The first kappa shape index (κ1) is 12.2. The number of nitrogens with zero attached hydrogens (tertiary/aromatic N) is 2. The fourth-order valence-electron chi connectivity index (χ4n) is 1.69. The Hall–Kier alpha value is -1.26. The molecule has 3 nitrogen and oxygen atoms in total. The normalized spacial score (nSPS) is 10.5. The summed E-state index contributed by atoms with van der Waals surface area (Å²) in [4.78, 5) is 8.67. The van der Waals surface area contributed by atoms with Gasteiger partial charge in [-0.3, -0.25) is 0 Å².